The van der Waals surface area contributed by atoms with Gasteiger partial charge >= 0.3 is 0 Å². The van der Waals surface area contributed by atoms with Crippen molar-refractivity contribution in [2.45, 2.75) is 30.5 Å². The van der Waals surface area contributed by atoms with Crippen molar-refractivity contribution in [1.82, 2.24) is 10.0 Å². The van der Waals surface area contributed by atoms with Gasteiger partial charge in [0.05, 0.1) is 6.54 Å². The summed E-state index contributed by atoms with van der Waals surface area (Å²) in [6, 6.07) is 3.55. The molecule has 1 aromatic rings. The highest BCUT2D eigenvalue weighted by Crippen LogP contribution is 2.14. The topological polar surface area (TPSA) is 80.6 Å². The molecule has 0 aromatic carbocycles. The Kier molecular flexibility index (Phi) is 4.39. The molecule has 1 saturated heterocycles. The second-order valence-electron chi connectivity index (χ2n) is 4.20. The Hall–Kier alpha value is -0.890. The molecule has 0 saturated carbocycles. The van der Waals surface area contributed by atoms with Gasteiger partial charge in [-0.2, -0.15) is 0 Å². The Labute approximate surface area is 107 Å². The van der Waals surface area contributed by atoms with Crippen LogP contribution in [0.25, 0.3) is 0 Å². The summed E-state index contributed by atoms with van der Waals surface area (Å²) >= 11 is 0. The van der Waals surface area contributed by atoms with E-state index < -0.39 is 10.0 Å². The lowest BCUT2D eigenvalue weighted by Gasteiger charge is -2.22. The number of ether oxygens (including phenoxy) is 1. The average molecular weight is 274 g/mol. The van der Waals surface area contributed by atoms with Crippen LogP contribution in [0.2, 0.25) is 0 Å². The third kappa shape index (κ3) is 3.32. The summed E-state index contributed by atoms with van der Waals surface area (Å²) in [6.45, 7) is 2.08. The monoisotopic (exact) mass is 274 g/mol. The Balaban J connectivity index is 1.90. The molecule has 2 N–H and O–H groups in total. The molecule has 1 aromatic heterocycles. The van der Waals surface area contributed by atoms with Gasteiger partial charge in [-0.25, -0.2) is 13.1 Å². The summed E-state index contributed by atoms with van der Waals surface area (Å²) in [5, 5.41) is 3.28. The normalized spacial score (nSPS) is 18.1. The zero-order valence-corrected chi connectivity index (χ0v) is 11.1. The van der Waals surface area contributed by atoms with E-state index in [0.29, 0.717) is 18.3 Å². The van der Waals surface area contributed by atoms with Crippen molar-refractivity contribution in [1.29, 1.82) is 0 Å². The quantitative estimate of drug-likeness (QED) is 0.815. The molecule has 0 atom stereocenters. The van der Waals surface area contributed by atoms with Crippen LogP contribution in [0.4, 0.5) is 0 Å². The summed E-state index contributed by atoms with van der Waals surface area (Å²) in [5.41, 5.74) is 0. The summed E-state index contributed by atoms with van der Waals surface area (Å²) in [5.74, 6) is 0.621. The van der Waals surface area contributed by atoms with E-state index in [1.54, 1.807) is 6.07 Å². The predicted octanol–water partition coefficient (Wildman–Crippen LogP) is 0.456. The van der Waals surface area contributed by atoms with Crippen LogP contribution in [-0.2, 0) is 21.3 Å². The third-order valence-electron chi connectivity index (χ3n) is 2.96. The Morgan fingerprint density at radius 1 is 1.33 bits per heavy atom. The van der Waals surface area contributed by atoms with Crippen molar-refractivity contribution in [3.05, 3.63) is 17.9 Å². The number of furan rings is 1. The van der Waals surface area contributed by atoms with E-state index in [4.69, 9.17) is 9.15 Å². The second kappa shape index (κ2) is 5.83. The molecular formula is C11H18N2O4S. The van der Waals surface area contributed by atoms with Crippen LogP contribution in [0.15, 0.2) is 21.6 Å². The highest BCUT2D eigenvalue weighted by atomic mass is 32.2. The van der Waals surface area contributed by atoms with Gasteiger partial charge in [-0.15, -0.1) is 0 Å². The Bertz CT molecular complexity index is 477. The minimum atomic E-state index is -3.48. The molecule has 1 fully saturated rings. The standard InChI is InChI=1S/C11H18N2O4S/c1-12-18(14,15)11-3-2-10(17-11)8-13-9-4-6-16-7-5-9/h2-3,9,12-13H,4-8H2,1H3. The molecule has 0 aliphatic carbocycles. The van der Waals surface area contributed by atoms with Crippen molar-refractivity contribution in [3.8, 4) is 0 Å². The van der Waals surface area contributed by atoms with Crippen molar-refractivity contribution < 1.29 is 17.6 Å². The number of hydrogen-bond donors (Lipinski definition) is 2. The fourth-order valence-corrected chi connectivity index (χ4v) is 2.51. The van der Waals surface area contributed by atoms with E-state index in [2.05, 4.69) is 10.0 Å². The van der Waals surface area contributed by atoms with Gasteiger partial charge in [-0.3, -0.25) is 0 Å². The van der Waals surface area contributed by atoms with Crippen LogP contribution >= 0.6 is 0 Å². The molecule has 6 nitrogen and oxygen atoms in total. The lowest BCUT2D eigenvalue weighted by molar-refractivity contribution is 0.0770. The van der Waals surface area contributed by atoms with Gasteiger partial charge in [-0.05, 0) is 32.0 Å². The largest absolute Gasteiger partial charge is 0.447 e. The molecule has 0 unspecified atom stereocenters. The molecule has 0 bridgehead atoms. The van der Waals surface area contributed by atoms with Gasteiger partial charge in [0.2, 0.25) is 5.09 Å². The van der Waals surface area contributed by atoms with Crippen LogP contribution in [0.5, 0.6) is 0 Å². The molecule has 7 heteroatoms. The molecule has 1 aliphatic rings. The first-order valence-corrected chi connectivity index (χ1v) is 7.43. The SMILES string of the molecule is CNS(=O)(=O)c1ccc(CNC2CCOCC2)o1. The maximum absolute atomic E-state index is 11.5. The van der Waals surface area contributed by atoms with Crippen molar-refractivity contribution >= 4 is 10.0 Å². The van der Waals surface area contributed by atoms with Crippen molar-refractivity contribution in [2.75, 3.05) is 20.3 Å². The lowest BCUT2D eigenvalue weighted by Crippen LogP contribution is -2.34. The van der Waals surface area contributed by atoms with Gasteiger partial charge in [-0.1, -0.05) is 0 Å². The van der Waals surface area contributed by atoms with Crippen LogP contribution in [0.1, 0.15) is 18.6 Å². The maximum Gasteiger partial charge on any atom is 0.273 e. The molecule has 2 heterocycles. The van der Waals surface area contributed by atoms with Crippen LogP contribution in [0.3, 0.4) is 0 Å². The molecule has 102 valence electrons. The predicted molar refractivity (Wildman–Crippen MR) is 65.6 cm³/mol. The van der Waals surface area contributed by atoms with Crippen LogP contribution in [-0.4, -0.2) is 34.7 Å². The summed E-state index contributed by atoms with van der Waals surface area (Å²) in [7, 11) is -2.13. The van der Waals surface area contributed by atoms with E-state index >= 15 is 0 Å². The zero-order chi connectivity index (χ0) is 13.0. The van der Waals surface area contributed by atoms with E-state index in [1.165, 1.54) is 13.1 Å². The first-order valence-electron chi connectivity index (χ1n) is 5.95. The Morgan fingerprint density at radius 2 is 2.06 bits per heavy atom. The van der Waals surface area contributed by atoms with Gasteiger partial charge in [0.1, 0.15) is 5.76 Å². The molecule has 1 aliphatic heterocycles. The number of sulfonamides is 1. The summed E-state index contributed by atoms with van der Waals surface area (Å²) < 4.78 is 35.7. The molecule has 2 rings (SSSR count). The first-order chi connectivity index (χ1) is 8.62. The van der Waals surface area contributed by atoms with Crippen molar-refractivity contribution in [2.24, 2.45) is 0 Å². The average Bonchev–Trinajstić information content (AvgIpc) is 2.87. The highest BCUT2D eigenvalue weighted by Gasteiger charge is 2.17. The van der Waals surface area contributed by atoms with Gasteiger partial charge in [0.15, 0.2) is 0 Å². The maximum atomic E-state index is 11.5. The van der Waals surface area contributed by atoms with Gasteiger partial charge < -0.3 is 14.5 Å². The fraction of sp³-hybridized carbons (Fsp3) is 0.636. The molecule has 0 amide bonds. The number of nitrogens with one attached hydrogen (secondary N) is 2. The van der Waals surface area contributed by atoms with Crippen molar-refractivity contribution in [3.63, 3.8) is 0 Å². The van der Waals surface area contributed by atoms with Gasteiger partial charge in [0.25, 0.3) is 10.0 Å². The highest BCUT2D eigenvalue weighted by molar-refractivity contribution is 7.89. The second-order valence-corrected chi connectivity index (χ2v) is 6.01. The smallest absolute Gasteiger partial charge is 0.273 e. The lowest BCUT2D eigenvalue weighted by atomic mass is 10.1. The van der Waals surface area contributed by atoms with Crippen LogP contribution in [0, 0.1) is 0 Å². The van der Waals surface area contributed by atoms with Gasteiger partial charge in [0, 0.05) is 19.3 Å². The van der Waals surface area contributed by atoms with E-state index in [9.17, 15) is 8.42 Å². The molecule has 0 radical (unpaired) electrons. The minimum absolute atomic E-state index is 0.0474. The van der Waals surface area contributed by atoms with E-state index in [-0.39, 0.29) is 5.09 Å². The van der Waals surface area contributed by atoms with E-state index in [1.807, 2.05) is 0 Å². The third-order valence-corrected chi connectivity index (χ3v) is 4.24. The Morgan fingerprint density at radius 3 is 2.72 bits per heavy atom. The molecule has 0 spiro atoms. The number of hydrogen-bond acceptors (Lipinski definition) is 5. The molecular weight excluding hydrogens is 256 g/mol. The minimum Gasteiger partial charge on any atom is -0.447 e. The van der Waals surface area contributed by atoms with Crippen LogP contribution < -0.4 is 10.0 Å². The summed E-state index contributed by atoms with van der Waals surface area (Å²) in [4.78, 5) is 0. The zero-order valence-electron chi connectivity index (χ0n) is 10.3. The van der Waals surface area contributed by atoms with E-state index in [0.717, 1.165) is 26.1 Å². The first kappa shape index (κ1) is 13.5. The molecule has 18 heavy (non-hydrogen) atoms. The fourth-order valence-electron chi connectivity index (χ4n) is 1.84. The summed E-state index contributed by atoms with van der Waals surface area (Å²) in [6.07, 6.45) is 1.95. The number of rotatable bonds is 5.